The third kappa shape index (κ3) is 4.48. The van der Waals surface area contributed by atoms with Crippen molar-refractivity contribution in [2.45, 2.75) is 32.7 Å². The molecule has 1 aliphatic rings. The largest absolute Gasteiger partial charge is 0.355 e. The molecular formula is C20H28N4O. The molecule has 1 aromatic heterocycles. The summed E-state index contributed by atoms with van der Waals surface area (Å²) < 4.78 is 1.86. The molecule has 0 spiro atoms. The van der Waals surface area contributed by atoms with Gasteiger partial charge in [-0.05, 0) is 37.6 Å². The van der Waals surface area contributed by atoms with E-state index in [0.717, 1.165) is 44.6 Å². The van der Waals surface area contributed by atoms with Gasteiger partial charge in [0.25, 0.3) is 0 Å². The van der Waals surface area contributed by atoms with E-state index in [-0.39, 0.29) is 11.3 Å². The van der Waals surface area contributed by atoms with Crippen LogP contribution in [0, 0.1) is 5.41 Å². The minimum atomic E-state index is -0.250. The second kappa shape index (κ2) is 7.83. The number of nitrogens with one attached hydrogen (secondary N) is 1. The zero-order valence-corrected chi connectivity index (χ0v) is 15.2. The summed E-state index contributed by atoms with van der Waals surface area (Å²) in [5.41, 5.74) is 2.23. The van der Waals surface area contributed by atoms with Crippen LogP contribution in [0.3, 0.4) is 0 Å². The Hall–Kier alpha value is -2.14. The third-order valence-electron chi connectivity index (χ3n) is 5.35. The highest BCUT2D eigenvalue weighted by atomic mass is 16.2. The zero-order chi connectivity index (χ0) is 17.7. The lowest BCUT2D eigenvalue weighted by atomic mass is 9.79. The summed E-state index contributed by atoms with van der Waals surface area (Å²) in [5, 5.41) is 7.28. The van der Waals surface area contributed by atoms with Gasteiger partial charge in [-0.2, -0.15) is 5.10 Å². The second-order valence-corrected chi connectivity index (χ2v) is 7.27. The number of aryl methyl sites for hydroxylation is 1. The van der Waals surface area contributed by atoms with Crippen molar-refractivity contribution in [2.24, 2.45) is 12.5 Å². The molecule has 0 radical (unpaired) electrons. The number of carbonyl (C=O) groups excluding carboxylic acids is 1. The van der Waals surface area contributed by atoms with Crippen LogP contribution < -0.4 is 5.32 Å². The number of amides is 1. The summed E-state index contributed by atoms with van der Waals surface area (Å²) in [4.78, 5) is 15.1. The molecule has 2 aromatic rings. The van der Waals surface area contributed by atoms with Crippen LogP contribution in [0.5, 0.6) is 0 Å². The topological polar surface area (TPSA) is 50.2 Å². The molecule has 25 heavy (non-hydrogen) atoms. The molecule has 1 amide bonds. The Balaban J connectivity index is 1.45. The smallest absolute Gasteiger partial charge is 0.226 e. The van der Waals surface area contributed by atoms with Gasteiger partial charge in [-0.25, -0.2) is 0 Å². The van der Waals surface area contributed by atoms with Crippen LogP contribution in [0.15, 0.2) is 42.6 Å². The van der Waals surface area contributed by atoms with Gasteiger partial charge < -0.3 is 5.32 Å². The predicted molar refractivity (Wildman–Crippen MR) is 99.0 cm³/mol. The van der Waals surface area contributed by atoms with Crippen molar-refractivity contribution < 1.29 is 4.79 Å². The van der Waals surface area contributed by atoms with Gasteiger partial charge in [-0.3, -0.25) is 14.4 Å². The highest BCUT2D eigenvalue weighted by Crippen LogP contribution is 2.31. The van der Waals surface area contributed by atoms with E-state index in [0.29, 0.717) is 6.54 Å². The van der Waals surface area contributed by atoms with Crippen molar-refractivity contribution in [1.29, 1.82) is 0 Å². The molecule has 0 unspecified atom stereocenters. The molecule has 134 valence electrons. The molecule has 0 bridgehead atoms. The Morgan fingerprint density at radius 1 is 1.20 bits per heavy atom. The fourth-order valence-electron chi connectivity index (χ4n) is 3.44. The number of hydrogen-bond donors (Lipinski definition) is 1. The molecule has 1 saturated heterocycles. The van der Waals surface area contributed by atoms with Crippen molar-refractivity contribution in [3.05, 3.63) is 53.9 Å². The summed E-state index contributed by atoms with van der Waals surface area (Å²) in [6, 6.07) is 12.5. The number of carbonyl (C=O) groups is 1. The summed E-state index contributed by atoms with van der Waals surface area (Å²) in [6.45, 7) is 5.69. The van der Waals surface area contributed by atoms with Crippen LogP contribution in [-0.4, -0.2) is 40.2 Å². The fourth-order valence-corrected chi connectivity index (χ4v) is 3.44. The average molecular weight is 340 g/mol. The van der Waals surface area contributed by atoms with Gasteiger partial charge in [-0.1, -0.05) is 37.3 Å². The highest BCUT2D eigenvalue weighted by molar-refractivity contribution is 5.82. The second-order valence-electron chi connectivity index (χ2n) is 7.27. The van der Waals surface area contributed by atoms with Gasteiger partial charge in [0, 0.05) is 43.9 Å². The van der Waals surface area contributed by atoms with Crippen molar-refractivity contribution >= 4 is 5.91 Å². The molecule has 2 heterocycles. The Labute approximate surface area is 150 Å². The Kier molecular flexibility index (Phi) is 5.53. The number of aromatic nitrogens is 2. The Morgan fingerprint density at radius 2 is 1.92 bits per heavy atom. The summed E-state index contributed by atoms with van der Waals surface area (Å²) in [7, 11) is 1.93. The minimum absolute atomic E-state index is 0.189. The molecule has 0 atom stereocenters. The van der Waals surface area contributed by atoms with Crippen LogP contribution in [0.4, 0.5) is 0 Å². The van der Waals surface area contributed by atoms with Gasteiger partial charge in [-0.15, -0.1) is 0 Å². The third-order valence-corrected chi connectivity index (χ3v) is 5.35. The SMILES string of the molecule is Cn1nccc1CCNC(=O)C1(C)CCN(Cc2ccccc2)CC1. The van der Waals surface area contributed by atoms with Crippen LogP contribution in [0.25, 0.3) is 0 Å². The molecule has 1 N–H and O–H groups in total. The van der Waals surface area contributed by atoms with E-state index in [1.807, 2.05) is 23.9 Å². The summed E-state index contributed by atoms with van der Waals surface area (Å²) in [5.74, 6) is 0.189. The van der Waals surface area contributed by atoms with Gasteiger partial charge in [0.05, 0.1) is 0 Å². The normalized spacial score (nSPS) is 17.4. The van der Waals surface area contributed by atoms with E-state index in [1.54, 1.807) is 6.20 Å². The molecular weight excluding hydrogens is 312 g/mol. The van der Waals surface area contributed by atoms with Crippen LogP contribution in [-0.2, 0) is 24.8 Å². The number of rotatable bonds is 6. The quantitative estimate of drug-likeness (QED) is 0.878. The first kappa shape index (κ1) is 17.7. The van der Waals surface area contributed by atoms with Crippen molar-refractivity contribution in [2.75, 3.05) is 19.6 Å². The average Bonchev–Trinajstić information content (AvgIpc) is 3.03. The maximum absolute atomic E-state index is 12.6. The lowest BCUT2D eigenvalue weighted by Crippen LogP contribution is -2.47. The molecule has 3 rings (SSSR count). The molecule has 5 nitrogen and oxygen atoms in total. The molecule has 0 saturated carbocycles. The first-order valence-corrected chi connectivity index (χ1v) is 9.08. The first-order valence-electron chi connectivity index (χ1n) is 9.08. The first-order chi connectivity index (χ1) is 12.1. The van der Waals surface area contributed by atoms with Crippen molar-refractivity contribution in [3.63, 3.8) is 0 Å². The fraction of sp³-hybridized carbons (Fsp3) is 0.500. The van der Waals surface area contributed by atoms with E-state index in [1.165, 1.54) is 5.56 Å². The number of likely N-dealkylation sites (tertiary alicyclic amines) is 1. The molecule has 1 fully saturated rings. The van der Waals surface area contributed by atoms with E-state index < -0.39 is 0 Å². The summed E-state index contributed by atoms with van der Waals surface area (Å²) >= 11 is 0. The standard InChI is InChI=1S/C20H28N4O/c1-20(19(25)21-12-8-18-9-13-22-23(18)2)10-14-24(15-11-20)16-17-6-4-3-5-7-17/h3-7,9,13H,8,10-12,14-16H2,1-2H3,(H,21,25). The number of piperidine rings is 1. The maximum Gasteiger partial charge on any atom is 0.226 e. The summed E-state index contributed by atoms with van der Waals surface area (Å²) in [6.07, 6.45) is 4.44. The van der Waals surface area contributed by atoms with Gasteiger partial charge in [0.15, 0.2) is 0 Å². The van der Waals surface area contributed by atoms with E-state index in [2.05, 4.69) is 46.5 Å². The zero-order valence-electron chi connectivity index (χ0n) is 15.2. The van der Waals surface area contributed by atoms with Crippen molar-refractivity contribution in [1.82, 2.24) is 20.0 Å². The minimum Gasteiger partial charge on any atom is -0.355 e. The predicted octanol–water partition coefficient (Wildman–Crippen LogP) is 2.38. The van der Waals surface area contributed by atoms with Crippen LogP contribution >= 0.6 is 0 Å². The van der Waals surface area contributed by atoms with Crippen LogP contribution in [0.1, 0.15) is 31.0 Å². The highest BCUT2D eigenvalue weighted by Gasteiger charge is 2.36. The lowest BCUT2D eigenvalue weighted by molar-refractivity contribution is -0.132. The lowest BCUT2D eigenvalue weighted by Gasteiger charge is -2.38. The van der Waals surface area contributed by atoms with Gasteiger partial charge in [0.2, 0.25) is 5.91 Å². The Bertz CT molecular complexity index is 687. The van der Waals surface area contributed by atoms with Crippen molar-refractivity contribution in [3.8, 4) is 0 Å². The number of benzene rings is 1. The maximum atomic E-state index is 12.6. The van der Waals surface area contributed by atoms with E-state index in [4.69, 9.17) is 0 Å². The number of hydrogen-bond acceptors (Lipinski definition) is 3. The van der Waals surface area contributed by atoms with E-state index in [9.17, 15) is 4.79 Å². The van der Waals surface area contributed by atoms with E-state index >= 15 is 0 Å². The monoisotopic (exact) mass is 340 g/mol. The van der Waals surface area contributed by atoms with Crippen LogP contribution in [0.2, 0.25) is 0 Å². The van der Waals surface area contributed by atoms with Gasteiger partial charge in [0.1, 0.15) is 0 Å². The molecule has 5 heteroatoms. The number of nitrogens with zero attached hydrogens (tertiary/aromatic N) is 3. The molecule has 0 aliphatic carbocycles. The molecule has 1 aromatic carbocycles. The van der Waals surface area contributed by atoms with Gasteiger partial charge >= 0.3 is 0 Å². The molecule has 1 aliphatic heterocycles. The Morgan fingerprint density at radius 3 is 2.56 bits per heavy atom.